The third-order valence-corrected chi connectivity index (χ3v) is 4.45. The quantitative estimate of drug-likeness (QED) is 0.752. The van der Waals surface area contributed by atoms with Gasteiger partial charge in [-0.25, -0.2) is 4.98 Å². The number of hydrogen-bond donors (Lipinski definition) is 1. The predicted octanol–water partition coefficient (Wildman–Crippen LogP) is 3.53. The van der Waals surface area contributed by atoms with Crippen LogP contribution in [0.4, 0.5) is 0 Å². The van der Waals surface area contributed by atoms with E-state index in [0.717, 1.165) is 17.2 Å². The van der Waals surface area contributed by atoms with Gasteiger partial charge in [0.15, 0.2) is 0 Å². The summed E-state index contributed by atoms with van der Waals surface area (Å²) in [6.45, 7) is 2.56. The highest BCUT2D eigenvalue weighted by Crippen LogP contribution is 2.20. The van der Waals surface area contributed by atoms with Gasteiger partial charge in [0.25, 0.3) is 5.91 Å². The summed E-state index contributed by atoms with van der Waals surface area (Å²) in [5.41, 5.74) is 1.84. The number of ether oxygens (including phenoxy) is 1. The standard InChI is InChI=1S/C18H22N2O2S/c1-3-16(12-22-2)20-18(21)15-9-7-14(8-10-15)13-23-17-6-4-5-11-19-17/h4-11,16H,3,12-13H2,1-2H3,(H,20,21). The molecular weight excluding hydrogens is 308 g/mol. The lowest BCUT2D eigenvalue weighted by molar-refractivity contribution is 0.0894. The summed E-state index contributed by atoms with van der Waals surface area (Å²) in [7, 11) is 1.64. The van der Waals surface area contributed by atoms with Gasteiger partial charge in [-0.05, 0) is 36.2 Å². The minimum absolute atomic E-state index is 0.0480. The van der Waals surface area contributed by atoms with Gasteiger partial charge in [0.05, 0.1) is 17.7 Å². The average molecular weight is 330 g/mol. The molecule has 0 aliphatic rings. The molecule has 1 unspecified atom stereocenters. The Hall–Kier alpha value is -1.85. The van der Waals surface area contributed by atoms with Gasteiger partial charge in [0.1, 0.15) is 0 Å². The molecule has 5 heteroatoms. The lowest BCUT2D eigenvalue weighted by Crippen LogP contribution is -2.37. The molecule has 1 aromatic heterocycles. The number of amides is 1. The minimum atomic E-state index is -0.0576. The molecule has 4 nitrogen and oxygen atoms in total. The SMILES string of the molecule is CCC(COC)NC(=O)c1ccc(CSc2ccccn2)cc1. The highest BCUT2D eigenvalue weighted by Gasteiger charge is 2.11. The van der Waals surface area contributed by atoms with Crippen LogP contribution in [0.25, 0.3) is 0 Å². The molecule has 0 fully saturated rings. The third-order valence-electron chi connectivity index (χ3n) is 3.44. The molecular formula is C18H22N2O2S. The lowest BCUT2D eigenvalue weighted by atomic mass is 10.1. The summed E-state index contributed by atoms with van der Waals surface area (Å²) in [4.78, 5) is 16.5. The zero-order chi connectivity index (χ0) is 16.5. The molecule has 0 bridgehead atoms. The van der Waals surface area contributed by atoms with E-state index < -0.39 is 0 Å². The van der Waals surface area contributed by atoms with Crippen molar-refractivity contribution in [3.8, 4) is 0 Å². The number of nitrogens with one attached hydrogen (secondary N) is 1. The summed E-state index contributed by atoms with van der Waals surface area (Å²) in [6, 6.07) is 13.6. The van der Waals surface area contributed by atoms with E-state index in [1.165, 1.54) is 5.56 Å². The van der Waals surface area contributed by atoms with Crippen LogP contribution < -0.4 is 5.32 Å². The molecule has 0 radical (unpaired) electrons. The van der Waals surface area contributed by atoms with Crippen molar-refractivity contribution < 1.29 is 9.53 Å². The number of thioether (sulfide) groups is 1. The van der Waals surface area contributed by atoms with Gasteiger partial charge >= 0.3 is 0 Å². The van der Waals surface area contributed by atoms with E-state index in [4.69, 9.17) is 4.74 Å². The van der Waals surface area contributed by atoms with E-state index in [9.17, 15) is 4.79 Å². The first-order valence-corrected chi connectivity index (χ1v) is 8.64. The van der Waals surface area contributed by atoms with Crippen LogP contribution in [0.1, 0.15) is 29.3 Å². The second kappa shape index (κ2) is 9.33. The Labute approximate surface area is 141 Å². The van der Waals surface area contributed by atoms with Crippen LogP contribution in [0, 0.1) is 0 Å². The number of aromatic nitrogens is 1. The van der Waals surface area contributed by atoms with Crippen molar-refractivity contribution in [3.05, 3.63) is 59.8 Å². The highest BCUT2D eigenvalue weighted by atomic mass is 32.2. The predicted molar refractivity (Wildman–Crippen MR) is 93.7 cm³/mol. The highest BCUT2D eigenvalue weighted by molar-refractivity contribution is 7.98. The Kier molecular flexibility index (Phi) is 7.10. The molecule has 2 aromatic rings. The van der Waals surface area contributed by atoms with E-state index in [1.54, 1.807) is 25.1 Å². The number of nitrogens with zero attached hydrogens (tertiary/aromatic N) is 1. The number of carbonyl (C=O) groups excluding carboxylic acids is 1. The van der Waals surface area contributed by atoms with Crippen molar-refractivity contribution in [2.24, 2.45) is 0 Å². The molecule has 122 valence electrons. The van der Waals surface area contributed by atoms with Gasteiger partial charge in [-0.2, -0.15) is 0 Å². The topological polar surface area (TPSA) is 51.2 Å². The van der Waals surface area contributed by atoms with Gasteiger partial charge in [0.2, 0.25) is 0 Å². The fraction of sp³-hybridized carbons (Fsp3) is 0.333. The Morgan fingerprint density at radius 1 is 1.26 bits per heavy atom. The smallest absolute Gasteiger partial charge is 0.251 e. The van der Waals surface area contributed by atoms with Gasteiger partial charge < -0.3 is 10.1 Å². The molecule has 2 rings (SSSR count). The normalized spacial score (nSPS) is 11.9. The van der Waals surface area contributed by atoms with Crippen LogP contribution in [-0.4, -0.2) is 30.6 Å². The maximum absolute atomic E-state index is 12.2. The van der Waals surface area contributed by atoms with Crippen molar-refractivity contribution in [1.29, 1.82) is 0 Å². The number of methoxy groups -OCH3 is 1. The molecule has 1 heterocycles. The molecule has 1 amide bonds. The van der Waals surface area contributed by atoms with Crippen LogP contribution in [-0.2, 0) is 10.5 Å². The van der Waals surface area contributed by atoms with Crippen LogP contribution in [0.15, 0.2) is 53.7 Å². The van der Waals surface area contributed by atoms with E-state index in [1.807, 2.05) is 49.4 Å². The van der Waals surface area contributed by atoms with Gasteiger partial charge in [0, 0.05) is 24.6 Å². The molecule has 0 saturated heterocycles. The summed E-state index contributed by atoms with van der Waals surface area (Å²) in [6.07, 6.45) is 2.64. The lowest BCUT2D eigenvalue weighted by Gasteiger charge is -2.16. The Balaban J connectivity index is 1.89. The Morgan fingerprint density at radius 3 is 2.65 bits per heavy atom. The Bertz CT molecular complexity index is 602. The molecule has 0 spiro atoms. The molecule has 23 heavy (non-hydrogen) atoms. The monoisotopic (exact) mass is 330 g/mol. The van der Waals surface area contributed by atoms with Gasteiger partial charge in [-0.1, -0.05) is 25.1 Å². The maximum Gasteiger partial charge on any atom is 0.251 e. The minimum Gasteiger partial charge on any atom is -0.383 e. The van der Waals surface area contributed by atoms with Crippen molar-refractivity contribution in [2.75, 3.05) is 13.7 Å². The van der Waals surface area contributed by atoms with Crippen LogP contribution >= 0.6 is 11.8 Å². The fourth-order valence-electron chi connectivity index (χ4n) is 2.07. The van der Waals surface area contributed by atoms with Gasteiger partial charge in [-0.3, -0.25) is 4.79 Å². The third kappa shape index (κ3) is 5.69. The van der Waals surface area contributed by atoms with Crippen molar-refractivity contribution in [1.82, 2.24) is 10.3 Å². The molecule has 1 N–H and O–H groups in total. The van der Waals surface area contributed by atoms with Crippen molar-refractivity contribution in [3.63, 3.8) is 0 Å². The molecule has 0 aliphatic carbocycles. The maximum atomic E-state index is 12.2. The number of pyridine rings is 1. The first kappa shape index (κ1) is 17.5. The second-order valence-corrected chi connectivity index (χ2v) is 6.18. The Morgan fingerprint density at radius 2 is 2.04 bits per heavy atom. The van der Waals surface area contributed by atoms with E-state index in [2.05, 4.69) is 10.3 Å². The van der Waals surface area contributed by atoms with Crippen LogP contribution in [0.3, 0.4) is 0 Å². The zero-order valence-corrected chi connectivity index (χ0v) is 14.3. The second-order valence-electron chi connectivity index (χ2n) is 5.19. The first-order chi connectivity index (χ1) is 11.2. The summed E-state index contributed by atoms with van der Waals surface area (Å²) in [5, 5.41) is 3.98. The van der Waals surface area contributed by atoms with Gasteiger partial charge in [-0.15, -0.1) is 11.8 Å². The van der Waals surface area contributed by atoms with E-state index in [0.29, 0.717) is 12.2 Å². The largest absolute Gasteiger partial charge is 0.383 e. The van der Waals surface area contributed by atoms with Crippen LogP contribution in [0.2, 0.25) is 0 Å². The molecule has 0 saturated carbocycles. The summed E-state index contributed by atoms with van der Waals surface area (Å²) < 4.78 is 5.10. The molecule has 1 atom stereocenters. The van der Waals surface area contributed by atoms with Crippen molar-refractivity contribution >= 4 is 17.7 Å². The van der Waals surface area contributed by atoms with E-state index in [-0.39, 0.29) is 11.9 Å². The zero-order valence-electron chi connectivity index (χ0n) is 13.5. The van der Waals surface area contributed by atoms with Crippen molar-refractivity contribution in [2.45, 2.75) is 30.2 Å². The summed E-state index contributed by atoms with van der Waals surface area (Å²) in [5.74, 6) is 0.776. The number of carbonyl (C=O) groups is 1. The fourth-order valence-corrected chi connectivity index (χ4v) is 2.89. The number of rotatable bonds is 8. The number of benzene rings is 1. The molecule has 0 aliphatic heterocycles. The van der Waals surface area contributed by atoms with E-state index >= 15 is 0 Å². The first-order valence-electron chi connectivity index (χ1n) is 7.65. The molecule has 1 aromatic carbocycles. The summed E-state index contributed by atoms with van der Waals surface area (Å²) >= 11 is 1.68. The average Bonchev–Trinajstić information content (AvgIpc) is 2.60. The number of hydrogen-bond acceptors (Lipinski definition) is 4. The van der Waals surface area contributed by atoms with Crippen LogP contribution in [0.5, 0.6) is 0 Å².